The van der Waals surface area contributed by atoms with Crippen LogP contribution in [0.15, 0.2) is 42.5 Å². The van der Waals surface area contributed by atoms with Gasteiger partial charge in [-0.3, -0.25) is 4.79 Å². The number of ketones is 1. The Labute approximate surface area is 102 Å². The molecule has 17 heavy (non-hydrogen) atoms. The summed E-state index contributed by atoms with van der Waals surface area (Å²) in [6.45, 7) is 0. The summed E-state index contributed by atoms with van der Waals surface area (Å²) in [7, 11) is 0. The van der Waals surface area contributed by atoms with Crippen LogP contribution < -0.4 is 0 Å². The van der Waals surface area contributed by atoms with Crippen LogP contribution in [0.5, 0.6) is 0 Å². The van der Waals surface area contributed by atoms with Gasteiger partial charge in [0.1, 0.15) is 0 Å². The van der Waals surface area contributed by atoms with E-state index >= 15 is 0 Å². The van der Waals surface area contributed by atoms with E-state index in [4.69, 9.17) is 11.6 Å². The Bertz CT molecular complexity index is 564. The minimum absolute atomic E-state index is 0.103. The Morgan fingerprint density at radius 2 is 1.47 bits per heavy atom. The second-order valence-electron chi connectivity index (χ2n) is 3.46. The van der Waals surface area contributed by atoms with Gasteiger partial charge in [-0.25, -0.2) is 8.78 Å². The molecule has 0 aromatic heterocycles. The number of carbonyl (C=O) groups is 1. The maximum atomic E-state index is 13.0. The predicted molar refractivity (Wildman–Crippen MR) is 61.2 cm³/mol. The van der Waals surface area contributed by atoms with Gasteiger partial charge in [-0.2, -0.15) is 0 Å². The molecule has 2 aromatic rings. The summed E-state index contributed by atoms with van der Waals surface area (Å²) in [6.07, 6.45) is 0. The van der Waals surface area contributed by atoms with Crippen molar-refractivity contribution in [3.8, 4) is 0 Å². The molecule has 0 N–H and O–H groups in total. The molecule has 0 aliphatic heterocycles. The van der Waals surface area contributed by atoms with E-state index in [0.29, 0.717) is 10.6 Å². The van der Waals surface area contributed by atoms with E-state index in [1.807, 2.05) is 0 Å². The quantitative estimate of drug-likeness (QED) is 0.742. The van der Waals surface area contributed by atoms with Gasteiger partial charge in [-0.05, 0) is 42.5 Å². The Hall–Kier alpha value is -1.74. The van der Waals surface area contributed by atoms with Crippen molar-refractivity contribution in [3.05, 3.63) is 70.2 Å². The Morgan fingerprint density at radius 1 is 0.882 bits per heavy atom. The fraction of sp³-hybridized carbons (Fsp3) is 0. The third kappa shape index (κ3) is 2.50. The molecule has 2 rings (SSSR count). The van der Waals surface area contributed by atoms with Crippen LogP contribution >= 0.6 is 11.6 Å². The second-order valence-corrected chi connectivity index (χ2v) is 3.90. The molecule has 1 nitrogen and oxygen atoms in total. The smallest absolute Gasteiger partial charge is 0.193 e. The van der Waals surface area contributed by atoms with Crippen LogP contribution in [-0.4, -0.2) is 5.78 Å². The molecule has 0 saturated carbocycles. The van der Waals surface area contributed by atoms with Crippen molar-refractivity contribution in [2.45, 2.75) is 0 Å². The van der Waals surface area contributed by atoms with Crippen LogP contribution in [0, 0.1) is 11.6 Å². The maximum Gasteiger partial charge on any atom is 0.193 e. The van der Waals surface area contributed by atoms with Crippen molar-refractivity contribution >= 4 is 17.4 Å². The standard InChI is InChI=1S/C13H7ClF2O/c14-10-4-1-8(2-5-10)13(17)9-3-6-11(15)12(16)7-9/h1-7H. The lowest BCUT2D eigenvalue weighted by molar-refractivity contribution is 0.103. The minimum atomic E-state index is -1.04. The summed E-state index contributed by atoms with van der Waals surface area (Å²) >= 11 is 5.69. The van der Waals surface area contributed by atoms with Gasteiger partial charge in [-0.1, -0.05) is 11.6 Å². The van der Waals surface area contributed by atoms with Crippen LogP contribution in [0.25, 0.3) is 0 Å². The molecule has 86 valence electrons. The molecule has 0 amide bonds. The van der Waals surface area contributed by atoms with Gasteiger partial charge in [0.15, 0.2) is 17.4 Å². The molecular weight excluding hydrogens is 246 g/mol. The molecule has 0 heterocycles. The van der Waals surface area contributed by atoms with Crippen molar-refractivity contribution in [1.82, 2.24) is 0 Å². The first-order valence-electron chi connectivity index (χ1n) is 4.83. The lowest BCUT2D eigenvalue weighted by Gasteiger charge is -2.02. The molecule has 0 radical (unpaired) electrons. The van der Waals surface area contributed by atoms with Gasteiger partial charge >= 0.3 is 0 Å². The molecule has 0 fully saturated rings. The largest absolute Gasteiger partial charge is 0.289 e. The normalized spacial score (nSPS) is 10.3. The van der Waals surface area contributed by atoms with Crippen LogP contribution in [0.3, 0.4) is 0 Å². The molecule has 0 atom stereocenters. The summed E-state index contributed by atoms with van der Waals surface area (Å²) in [5.41, 5.74) is 0.478. The Morgan fingerprint density at radius 3 is 2.06 bits per heavy atom. The van der Waals surface area contributed by atoms with Gasteiger partial charge in [0, 0.05) is 16.1 Å². The number of carbonyl (C=O) groups excluding carboxylic acids is 1. The average molecular weight is 253 g/mol. The van der Waals surface area contributed by atoms with Gasteiger partial charge in [0.25, 0.3) is 0 Å². The Kier molecular flexibility index (Phi) is 3.20. The summed E-state index contributed by atoms with van der Waals surface area (Å²) < 4.78 is 25.7. The van der Waals surface area contributed by atoms with Crippen LogP contribution in [0.2, 0.25) is 5.02 Å². The number of rotatable bonds is 2. The van der Waals surface area contributed by atoms with E-state index in [1.54, 1.807) is 12.1 Å². The highest BCUT2D eigenvalue weighted by Gasteiger charge is 2.11. The predicted octanol–water partition coefficient (Wildman–Crippen LogP) is 3.85. The third-order valence-electron chi connectivity index (χ3n) is 2.29. The summed E-state index contributed by atoms with van der Waals surface area (Å²) in [4.78, 5) is 11.9. The van der Waals surface area contributed by atoms with E-state index in [9.17, 15) is 13.6 Å². The van der Waals surface area contributed by atoms with Crippen LogP contribution in [0.1, 0.15) is 15.9 Å². The monoisotopic (exact) mass is 252 g/mol. The third-order valence-corrected chi connectivity index (χ3v) is 2.54. The Balaban J connectivity index is 2.37. The molecule has 0 unspecified atom stereocenters. The fourth-order valence-electron chi connectivity index (χ4n) is 1.41. The maximum absolute atomic E-state index is 13.0. The molecular formula is C13H7ClF2O. The van der Waals surface area contributed by atoms with Gasteiger partial charge in [0.05, 0.1) is 0 Å². The second kappa shape index (κ2) is 4.63. The molecule has 0 aliphatic rings. The number of benzene rings is 2. The first kappa shape index (κ1) is 11.7. The van der Waals surface area contributed by atoms with Crippen LogP contribution in [-0.2, 0) is 0 Å². The summed E-state index contributed by atoms with van der Waals surface area (Å²) in [6, 6.07) is 9.25. The lowest BCUT2D eigenvalue weighted by atomic mass is 10.0. The average Bonchev–Trinajstić information content (AvgIpc) is 2.33. The lowest BCUT2D eigenvalue weighted by Crippen LogP contribution is -2.02. The highest BCUT2D eigenvalue weighted by atomic mass is 35.5. The van der Waals surface area contributed by atoms with Crippen molar-refractivity contribution in [1.29, 1.82) is 0 Å². The van der Waals surface area contributed by atoms with E-state index < -0.39 is 11.6 Å². The number of hydrogen-bond donors (Lipinski definition) is 0. The van der Waals surface area contributed by atoms with Crippen molar-refractivity contribution in [2.75, 3.05) is 0 Å². The molecule has 0 saturated heterocycles. The van der Waals surface area contributed by atoms with E-state index in [2.05, 4.69) is 0 Å². The van der Waals surface area contributed by atoms with Gasteiger partial charge < -0.3 is 0 Å². The molecule has 4 heteroatoms. The van der Waals surface area contributed by atoms with Gasteiger partial charge in [-0.15, -0.1) is 0 Å². The number of halogens is 3. The molecule has 2 aromatic carbocycles. The van der Waals surface area contributed by atoms with E-state index in [-0.39, 0.29) is 11.3 Å². The van der Waals surface area contributed by atoms with Crippen molar-refractivity contribution in [3.63, 3.8) is 0 Å². The highest BCUT2D eigenvalue weighted by Crippen LogP contribution is 2.15. The molecule has 0 aliphatic carbocycles. The zero-order chi connectivity index (χ0) is 12.4. The van der Waals surface area contributed by atoms with Crippen molar-refractivity contribution in [2.24, 2.45) is 0 Å². The summed E-state index contributed by atoms with van der Waals surface area (Å²) in [5.74, 6) is -2.39. The minimum Gasteiger partial charge on any atom is -0.289 e. The fourth-order valence-corrected chi connectivity index (χ4v) is 1.53. The SMILES string of the molecule is O=C(c1ccc(Cl)cc1)c1ccc(F)c(F)c1. The van der Waals surface area contributed by atoms with Crippen molar-refractivity contribution < 1.29 is 13.6 Å². The topological polar surface area (TPSA) is 17.1 Å². The van der Waals surface area contributed by atoms with E-state index in [0.717, 1.165) is 12.1 Å². The zero-order valence-electron chi connectivity index (χ0n) is 8.58. The molecule has 0 bridgehead atoms. The number of hydrogen-bond acceptors (Lipinski definition) is 1. The first-order chi connectivity index (χ1) is 8.08. The van der Waals surface area contributed by atoms with Crippen LogP contribution in [0.4, 0.5) is 8.78 Å². The molecule has 0 spiro atoms. The van der Waals surface area contributed by atoms with E-state index in [1.165, 1.54) is 18.2 Å². The zero-order valence-corrected chi connectivity index (χ0v) is 9.34. The highest BCUT2D eigenvalue weighted by molar-refractivity contribution is 6.30. The summed E-state index contributed by atoms with van der Waals surface area (Å²) in [5, 5.41) is 0.506. The first-order valence-corrected chi connectivity index (χ1v) is 5.21. The van der Waals surface area contributed by atoms with Gasteiger partial charge in [0.2, 0.25) is 0 Å².